The standard InChI is InChI=1S/C6H8O8P2/c7-3-1-4(15(9,10)11)6(8)5(2-3)16(12,13)14/h1-2,7-8H,(H2,9,10,11)(H2,12,13,14). The predicted octanol–water partition coefficient (Wildman–Crippen LogP) is -1.30. The first-order chi connectivity index (χ1) is 7.03. The Morgan fingerprint density at radius 3 is 1.38 bits per heavy atom. The van der Waals surface area contributed by atoms with Crippen LogP contribution in [0.4, 0.5) is 0 Å². The van der Waals surface area contributed by atoms with Gasteiger partial charge in [-0.05, 0) is 12.1 Å². The normalized spacial score (nSPS) is 12.8. The van der Waals surface area contributed by atoms with Gasteiger partial charge >= 0.3 is 15.2 Å². The topological polar surface area (TPSA) is 156 Å². The summed E-state index contributed by atoms with van der Waals surface area (Å²) in [6, 6.07) is 1.07. The number of hydrogen-bond donors (Lipinski definition) is 6. The van der Waals surface area contributed by atoms with Crippen molar-refractivity contribution in [2.24, 2.45) is 0 Å². The molecular formula is C6H8O8P2. The molecule has 6 N–H and O–H groups in total. The molecule has 0 heterocycles. The molecule has 0 unspecified atom stereocenters. The molecule has 0 aliphatic carbocycles. The highest BCUT2D eigenvalue weighted by molar-refractivity contribution is 7.62. The number of aromatic hydroxyl groups is 2. The van der Waals surface area contributed by atoms with Gasteiger partial charge in [-0.2, -0.15) is 0 Å². The molecule has 16 heavy (non-hydrogen) atoms. The highest BCUT2D eigenvalue weighted by atomic mass is 31.2. The molecule has 0 aliphatic rings. The van der Waals surface area contributed by atoms with Gasteiger partial charge in [0.15, 0.2) is 0 Å². The van der Waals surface area contributed by atoms with E-state index in [0.717, 1.165) is 0 Å². The van der Waals surface area contributed by atoms with Crippen LogP contribution >= 0.6 is 15.2 Å². The van der Waals surface area contributed by atoms with E-state index in [1.165, 1.54) is 0 Å². The van der Waals surface area contributed by atoms with E-state index in [4.69, 9.17) is 24.7 Å². The van der Waals surface area contributed by atoms with Crippen molar-refractivity contribution < 1.29 is 38.9 Å². The quantitative estimate of drug-likeness (QED) is 0.286. The van der Waals surface area contributed by atoms with E-state index in [1.807, 2.05) is 0 Å². The molecule has 1 aromatic rings. The Hall–Kier alpha value is -0.880. The molecule has 0 bridgehead atoms. The van der Waals surface area contributed by atoms with Crippen LogP contribution in [0.2, 0.25) is 0 Å². The summed E-state index contributed by atoms with van der Waals surface area (Å²) in [5.74, 6) is -1.99. The van der Waals surface area contributed by atoms with Crippen molar-refractivity contribution in [3.63, 3.8) is 0 Å². The summed E-state index contributed by atoms with van der Waals surface area (Å²) in [5, 5.41) is 16.3. The third-order valence-electron chi connectivity index (χ3n) is 1.68. The smallest absolute Gasteiger partial charge is 0.360 e. The van der Waals surface area contributed by atoms with E-state index in [1.54, 1.807) is 0 Å². The van der Waals surface area contributed by atoms with E-state index in [-0.39, 0.29) is 0 Å². The Balaban J connectivity index is 3.64. The fraction of sp³-hybridized carbons (Fsp3) is 0. The van der Waals surface area contributed by atoms with E-state index in [2.05, 4.69) is 0 Å². The van der Waals surface area contributed by atoms with Gasteiger partial charge in [-0.15, -0.1) is 0 Å². The van der Waals surface area contributed by atoms with Crippen molar-refractivity contribution in [2.75, 3.05) is 0 Å². The molecule has 0 fully saturated rings. The first kappa shape index (κ1) is 13.2. The third kappa shape index (κ3) is 2.62. The number of benzene rings is 1. The van der Waals surface area contributed by atoms with Crippen LogP contribution in [0.25, 0.3) is 0 Å². The Morgan fingerprint density at radius 1 is 0.812 bits per heavy atom. The second-order valence-electron chi connectivity index (χ2n) is 2.92. The van der Waals surface area contributed by atoms with Gasteiger partial charge in [-0.25, -0.2) is 0 Å². The highest BCUT2D eigenvalue weighted by Gasteiger charge is 2.31. The maximum Gasteiger partial charge on any atom is 0.360 e. The van der Waals surface area contributed by atoms with E-state index in [9.17, 15) is 14.2 Å². The van der Waals surface area contributed by atoms with Crippen molar-refractivity contribution >= 4 is 25.8 Å². The monoisotopic (exact) mass is 270 g/mol. The van der Waals surface area contributed by atoms with Gasteiger partial charge in [0.1, 0.15) is 22.1 Å². The Kier molecular flexibility index (Phi) is 3.17. The Bertz CT molecular complexity index is 468. The second kappa shape index (κ2) is 3.85. The summed E-state index contributed by atoms with van der Waals surface area (Å²) in [7, 11) is -9.86. The zero-order chi connectivity index (χ0) is 12.7. The summed E-state index contributed by atoms with van der Waals surface area (Å²) in [4.78, 5) is 35.1. The molecule has 0 spiro atoms. The number of phenolic OH excluding ortho intramolecular Hbond substituents is 2. The lowest BCUT2D eigenvalue weighted by molar-refractivity contribution is 0.381. The molecule has 0 aliphatic heterocycles. The molecule has 1 aromatic carbocycles. The maximum atomic E-state index is 10.9. The molecule has 0 atom stereocenters. The fourth-order valence-electron chi connectivity index (χ4n) is 1.03. The van der Waals surface area contributed by atoms with Crippen molar-refractivity contribution in [2.45, 2.75) is 0 Å². The van der Waals surface area contributed by atoms with Crippen LogP contribution in [0.15, 0.2) is 12.1 Å². The second-order valence-corrected chi connectivity index (χ2v) is 6.06. The minimum absolute atomic E-state index is 0.537. The average molecular weight is 270 g/mol. The largest absolute Gasteiger partial charge is 0.508 e. The molecule has 10 heteroatoms. The minimum atomic E-state index is -4.93. The molecule has 0 aromatic heterocycles. The zero-order valence-electron chi connectivity index (χ0n) is 7.55. The molecule has 8 nitrogen and oxygen atoms in total. The lowest BCUT2D eigenvalue weighted by Gasteiger charge is -2.12. The van der Waals surface area contributed by atoms with Gasteiger partial charge in [-0.3, -0.25) is 9.13 Å². The van der Waals surface area contributed by atoms with Gasteiger partial charge in [0.2, 0.25) is 0 Å². The number of hydrogen-bond acceptors (Lipinski definition) is 4. The molecule has 0 amide bonds. The SMILES string of the molecule is O=P(O)(O)c1cc(O)cc(P(=O)(O)O)c1O. The van der Waals surface area contributed by atoms with Crippen LogP contribution in [0.3, 0.4) is 0 Å². The molecule has 0 radical (unpaired) electrons. The Labute approximate surface area is 89.1 Å². The van der Waals surface area contributed by atoms with Gasteiger partial charge in [-0.1, -0.05) is 0 Å². The van der Waals surface area contributed by atoms with Crippen molar-refractivity contribution in [3.8, 4) is 11.5 Å². The maximum absolute atomic E-state index is 10.9. The summed E-state index contributed by atoms with van der Waals surface area (Å²) in [6.45, 7) is 0. The van der Waals surface area contributed by atoms with E-state index in [0.29, 0.717) is 12.1 Å². The average Bonchev–Trinajstić information content (AvgIpc) is 2.04. The third-order valence-corrected chi connectivity index (χ3v) is 3.62. The van der Waals surface area contributed by atoms with Gasteiger partial charge in [0.25, 0.3) is 0 Å². The minimum Gasteiger partial charge on any atom is -0.508 e. The van der Waals surface area contributed by atoms with Crippen LogP contribution in [-0.4, -0.2) is 29.8 Å². The van der Waals surface area contributed by atoms with Gasteiger partial charge in [0, 0.05) is 0 Å². The summed E-state index contributed by atoms with van der Waals surface area (Å²) >= 11 is 0. The molecule has 1 rings (SSSR count). The molecular weight excluding hydrogens is 262 g/mol. The van der Waals surface area contributed by atoms with Gasteiger partial charge < -0.3 is 29.8 Å². The van der Waals surface area contributed by atoms with Crippen LogP contribution in [0.1, 0.15) is 0 Å². The lowest BCUT2D eigenvalue weighted by Crippen LogP contribution is -2.15. The van der Waals surface area contributed by atoms with Crippen molar-refractivity contribution in [1.29, 1.82) is 0 Å². The van der Waals surface area contributed by atoms with Gasteiger partial charge in [0.05, 0.1) is 0 Å². The van der Waals surface area contributed by atoms with E-state index < -0.39 is 37.3 Å². The summed E-state index contributed by atoms with van der Waals surface area (Å²) in [5.41, 5.74) is 0. The van der Waals surface area contributed by atoms with E-state index >= 15 is 0 Å². The molecule has 0 saturated heterocycles. The van der Waals surface area contributed by atoms with Crippen LogP contribution < -0.4 is 10.6 Å². The fourth-order valence-corrected chi connectivity index (χ4v) is 2.52. The van der Waals surface area contributed by atoms with Crippen LogP contribution in [0, 0.1) is 0 Å². The summed E-state index contributed by atoms with van der Waals surface area (Å²) < 4.78 is 21.7. The first-order valence-corrected chi connectivity index (χ1v) is 6.94. The number of rotatable bonds is 2. The predicted molar refractivity (Wildman–Crippen MR) is 53.1 cm³/mol. The zero-order valence-corrected chi connectivity index (χ0v) is 9.34. The van der Waals surface area contributed by atoms with Crippen LogP contribution in [0.5, 0.6) is 11.5 Å². The van der Waals surface area contributed by atoms with Crippen LogP contribution in [-0.2, 0) is 9.13 Å². The molecule has 90 valence electrons. The van der Waals surface area contributed by atoms with Crippen molar-refractivity contribution in [1.82, 2.24) is 0 Å². The number of phenols is 2. The molecule has 0 saturated carbocycles. The highest BCUT2D eigenvalue weighted by Crippen LogP contribution is 2.43. The lowest BCUT2D eigenvalue weighted by atomic mass is 10.3. The Morgan fingerprint density at radius 2 is 1.12 bits per heavy atom. The van der Waals surface area contributed by atoms with Crippen molar-refractivity contribution in [3.05, 3.63) is 12.1 Å². The summed E-state index contributed by atoms with van der Waals surface area (Å²) in [6.07, 6.45) is 0. The first-order valence-electron chi connectivity index (χ1n) is 3.71.